The smallest absolute Gasteiger partial charge is 0.406 e. The van der Waals surface area contributed by atoms with Crippen molar-refractivity contribution in [1.82, 2.24) is 0 Å². The lowest BCUT2D eigenvalue weighted by Gasteiger charge is -2.33. The van der Waals surface area contributed by atoms with Crippen molar-refractivity contribution < 1.29 is 9.53 Å². The number of carbonyl (C=O) groups excluding carboxylic acids is 1. The third kappa shape index (κ3) is 3.59. The molecular formula is C13H21NO2Si. The second-order valence-corrected chi connectivity index (χ2v) is 9.83. The summed E-state index contributed by atoms with van der Waals surface area (Å²) in [5.74, 6) is 0. The van der Waals surface area contributed by atoms with Gasteiger partial charge < -0.3 is 9.30 Å². The minimum Gasteiger partial charge on any atom is -0.450 e. The summed E-state index contributed by atoms with van der Waals surface area (Å²) in [6.07, 6.45) is -0.240. The molecule has 0 aliphatic heterocycles. The molecule has 1 aromatic carbocycles. The van der Waals surface area contributed by atoms with Gasteiger partial charge in [-0.2, -0.15) is 0 Å². The SMILES string of the molecule is CCOC(=O)N(c1ccc(C)cc1)[Si](C)(C)C. The number of benzene rings is 1. The Balaban J connectivity index is 3.07. The molecule has 17 heavy (non-hydrogen) atoms. The Morgan fingerprint density at radius 1 is 1.24 bits per heavy atom. The van der Waals surface area contributed by atoms with E-state index in [-0.39, 0.29) is 6.09 Å². The van der Waals surface area contributed by atoms with E-state index in [1.54, 1.807) is 0 Å². The molecule has 0 atom stereocenters. The lowest BCUT2D eigenvalue weighted by Crippen LogP contribution is -2.50. The fourth-order valence-corrected chi connectivity index (χ4v) is 3.18. The first-order valence-corrected chi connectivity index (χ1v) is 9.34. The number of nitrogens with zero attached hydrogens (tertiary/aromatic N) is 1. The van der Waals surface area contributed by atoms with Gasteiger partial charge in [-0.05, 0) is 26.0 Å². The molecule has 3 nitrogen and oxygen atoms in total. The summed E-state index contributed by atoms with van der Waals surface area (Å²) < 4.78 is 6.95. The maximum absolute atomic E-state index is 12.0. The van der Waals surface area contributed by atoms with Crippen molar-refractivity contribution in [2.24, 2.45) is 0 Å². The molecule has 0 N–H and O–H groups in total. The molecule has 1 rings (SSSR count). The Bertz CT molecular complexity index is 381. The van der Waals surface area contributed by atoms with Crippen LogP contribution in [0.5, 0.6) is 0 Å². The van der Waals surface area contributed by atoms with Crippen molar-refractivity contribution in [3.63, 3.8) is 0 Å². The molecule has 0 aliphatic rings. The second kappa shape index (κ2) is 5.36. The average Bonchev–Trinajstić information content (AvgIpc) is 2.19. The van der Waals surface area contributed by atoms with Crippen LogP contribution in [0.1, 0.15) is 12.5 Å². The van der Waals surface area contributed by atoms with E-state index >= 15 is 0 Å². The Labute approximate surface area is 104 Å². The molecule has 0 heterocycles. The van der Waals surface area contributed by atoms with Gasteiger partial charge in [0.1, 0.15) is 0 Å². The predicted octanol–water partition coefficient (Wildman–Crippen LogP) is 3.79. The van der Waals surface area contributed by atoms with E-state index < -0.39 is 8.24 Å². The van der Waals surface area contributed by atoms with Crippen molar-refractivity contribution in [2.75, 3.05) is 11.2 Å². The first-order chi connectivity index (χ1) is 7.86. The van der Waals surface area contributed by atoms with Crippen molar-refractivity contribution in [3.8, 4) is 0 Å². The minimum absolute atomic E-state index is 0.240. The van der Waals surface area contributed by atoms with E-state index in [9.17, 15) is 4.79 Å². The minimum atomic E-state index is -1.79. The summed E-state index contributed by atoms with van der Waals surface area (Å²) in [4.78, 5) is 12.0. The van der Waals surface area contributed by atoms with Gasteiger partial charge in [0.25, 0.3) is 0 Å². The number of amides is 1. The largest absolute Gasteiger partial charge is 0.450 e. The molecule has 0 saturated carbocycles. The van der Waals surface area contributed by atoms with Gasteiger partial charge in [-0.25, -0.2) is 4.79 Å². The van der Waals surface area contributed by atoms with Crippen LogP contribution in [0.4, 0.5) is 10.5 Å². The zero-order chi connectivity index (χ0) is 13.1. The molecule has 0 radical (unpaired) electrons. The molecule has 0 unspecified atom stereocenters. The molecular weight excluding hydrogens is 230 g/mol. The van der Waals surface area contributed by atoms with Crippen LogP contribution in [-0.4, -0.2) is 20.9 Å². The molecule has 0 spiro atoms. The van der Waals surface area contributed by atoms with E-state index in [1.807, 2.05) is 42.7 Å². The normalized spacial score (nSPS) is 11.1. The van der Waals surface area contributed by atoms with Crippen molar-refractivity contribution in [2.45, 2.75) is 33.5 Å². The molecule has 0 aliphatic carbocycles. The van der Waals surface area contributed by atoms with E-state index in [2.05, 4.69) is 19.6 Å². The Kier molecular flexibility index (Phi) is 4.34. The van der Waals surface area contributed by atoms with Gasteiger partial charge in [0.2, 0.25) is 0 Å². The number of hydrogen-bond donors (Lipinski definition) is 0. The van der Waals surface area contributed by atoms with Crippen molar-refractivity contribution in [1.29, 1.82) is 0 Å². The van der Waals surface area contributed by atoms with Crippen LogP contribution in [0.15, 0.2) is 24.3 Å². The summed E-state index contributed by atoms with van der Waals surface area (Å²) in [7, 11) is -1.79. The van der Waals surface area contributed by atoms with Crippen LogP contribution in [0.3, 0.4) is 0 Å². The number of hydrogen-bond acceptors (Lipinski definition) is 2. The standard InChI is InChI=1S/C13H21NO2Si/c1-6-16-13(15)14(17(3,4)5)12-9-7-11(2)8-10-12/h7-10H,6H2,1-5H3. The first kappa shape index (κ1) is 13.8. The molecule has 0 saturated heterocycles. The topological polar surface area (TPSA) is 29.5 Å². The first-order valence-electron chi connectivity index (χ1n) is 5.90. The summed E-state index contributed by atoms with van der Waals surface area (Å²) in [5, 5.41) is 0. The maximum Gasteiger partial charge on any atom is 0.406 e. The van der Waals surface area contributed by atoms with Crippen molar-refractivity contribution >= 4 is 20.0 Å². The summed E-state index contributed by atoms with van der Waals surface area (Å²) in [5.41, 5.74) is 2.11. The van der Waals surface area contributed by atoms with Gasteiger partial charge in [0, 0.05) is 5.69 Å². The number of rotatable bonds is 3. The lowest BCUT2D eigenvalue weighted by molar-refractivity contribution is 0.163. The van der Waals surface area contributed by atoms with Gasteiger partial charge in [0.15, 0.2) is 8.24 Å². The Morgan fingerprint density at radius 2 is 1.76 bits per heavy atom. The quantitative estimate of drug-likeness (QED) is 0.765. The highest BCUT2D eigenvalue weighted by Crippen LogP contribution is 2.23. The van der Waals surface area contributed by atoms with Crippen LogP contribution < -0.4 is 4.57 Å². The van der Waals surface area contributed by atoms with Gasteiger partial charge in [-0.3, -0.25) is 0 Å². The van der Waals surface area contributed by atoms with Gasteiger partial charge >= 0.3 is 6.09 Å². The van der Waals surface area contributed by atoms with Gasteiger partial charge in [-0.1, -0.05) is 37.3 Å². The van der Waals surface area contributed by atoms with Crippen LogP contribution in [0, 0.1) is 6.92 Å². The molecule has 0 aromatic heterocycles. The number of carbonyl (C=O) groups is 1. The molecule has 1 aromatic rings. The Morgan fingerprint density at radius 3 is 2.18 bits per heavy atom. The van der Waals surface area contributed by atoms with Crippen molar-refractivity contribution in [3.05, 3.63) is 29.8 Å². The van der Waals surface area contributed by atoms with E-state index in [0.29, 0.717) is 6.61 Å². The Hall–Kier alpha value is -1.29. The van der Waals surface area contributed by atoms with E-state index in [0.717, 1.165) is 5.69 Å². The summed E-state index contributed by atoms with van der Waals surface area (Å²) >= 11 is 0. The number of anilines is 1. The summed E-state index contributed by atoms with van der Waals surface area (Å²) in [6, 6.07) is 7.98. The van der Waals surface area contributed by atoms with Crippen LogP contribution in [-0.2, 0) is 4.74 Å². The zero-order valence-electron chi connectivity index (χ0n) is 11.3. The second-order valence-electron chi connectivity index (χ2n) is 5.04. The number of aryl methyl sites for hydroxylation is 1. The van der Waals surface area contributed by atoms with E-state index in [4.69, 9.17) is 4.74 Å². The highest BCUT2D eigenvalue weighted by atomic mass is 28.3. The van der Waals surface area contributed by atoms with Gasteiger partial charge in [-0.15, -0.1) is 0 Å². The summed E-state index contributed by atoms with van der Waals surface area (Å²) in [6.45, 7) is 10.7. The van der Waals surface area contributed by atoms with E-state index in [1.165, 1.54) is 5.56 Å². The fraction of sp³-hybridized carbons (Fsp3) is 0.462. The van der Waals surface area contributed by atoms with Crippen LogP contribution in [0.2, 0.25) is 19.6 Å². The monoisotopic (exact) mass is 251 g/mol. The third-order valence-corrected chi connectivity index (χ3v) is 4.20. The molecule has 94 valence electrons. The van der Waals surface area contributed by atoms with Crippen LogP contribution in [0.25, 0.3) is 0 Å². The highest BCUT2D eigenvalue weighted by molar-refractivity contribution is 6.82. The number of ether oxygens (including phenoxy) is 1. The maximum atomic E-state index is 12.0. The lowest BCUT2D eigenvalue weighted by atomic mass is 10.2. The zero-order valence-corrected chi connectivity index (χ0v) is 12.3. The predicted molar refractivity (Wildman–Crippen MR) is 74.0 cm³/mol. The molecule has 4 heteroatoms. The third-order valence-electron chi connectivity index (χ3n) is 2.41. The average molecular weight is 251 g/mol. The molecule has 0 fully saturated rings. The van der Waals surface area contributed by atoms with Crippen LogP contribution >= 0.6 is 0 Å². The molecule has 1 amide bonds. The molecule has 0 bridgehead atoms. The van der Waals surface area contributed by atoms with Gasteiger partial charge in [0.05, 0.1) is 6.61 Å². The fourth-order valence-electron chi connectivity index (χ4n) is 1.65. The highest BCUT2D eigenvalue weighted by Gasteiger charge is 2.31.